The summed E-state index contributed by atoms with van der Waals surface area (Å²) in [5, 5.41) is 0. The van der Waals surface area contributed by atoms with E-state index >= 15 is 0 Å². The van der Waals surface area contributed by atoms with Gasteiger partial charge >= 0.3 is 0 Å². The van der Waals surface area contributed by atoms with E-state index in [1.165, 1.54) is 6.42 Å². The van der Waals surface area contributed by atoms with Gasteiger partial charge in [-0.2, -0.15) is 0 Å². The molecule has 2 heteroatoms. The lowest BCUT2D eigenvalue weighted by Crippen LogP contribution is -1.94. The molecule has 0 aromatic rings. The van der Waals surface area contributed by atoms with Crippen LogP contribution in [0.4, 0.5) is 0 Å². The van der Waals surface area contributed by atoms with Gasteiger partial charge in [-0.1, -0.05) is 0 Å². The predicted octanol–water partition coefficient (Wildman–Crippen LogP) is 1.08. The second kappa shape index (κ2) is 3.18. The predicted molar refractivity (Wildman–Crippen MR) is 34.8 cm³/mol. The molecular formula is C7H13O2. The minimum atomic E-state index is 0.662. The number of hydrogen-bond acceptors (Lipinski definition) is 2. The Morgan fingerprint density at radius 1 is 1.56 bits per heavy atom. The Balaban J connectivity index is 1.96. The molecule has 0 aromatic carbocycles. The van der Waals surface area contributed by atoms with Crippen LogP contribution < -0.4 is 0 Å². The zero-order chi connectivity index (χ0) is 6.69. The Hall–Kier alpha value is -0.0800. The topological polar surface area (TPSA) is 18.5 Å². The Labute approximate surface area is 56.2 Å². The molecule has 0 aromatic heterocycles. The molecule has 0 amide bonds. The fourth-order valence-corrected chi connectivity index (χ4v) is 1.02. The molecule has 53 valence electrons. The monoisotopic (exact) mass is 129 g/mol. The van der Waals surface area contributed by atoms with Crippen LogP contribution in [0.5, 0.6) is 0 Å². The van der Waals surface area contributed by atoms with Crippen LogP contribution in [0.15, 0.2) is 0 Å². The molecule has 0 spiro atoms. The number of methoxy groups -OCH3 is 2. The summed E-state index contributed by atoms with van der Waals surface area (Å²) in [6, 6.07) is 0. The molecule has 1 fully saturated rings. The van der Waals surface area contributed by atoms with Gasteiger partial charge in [0, 0.05) is 20.8 Å². The summed E-state index contributed by atoms with van der Waals surface area (Å²) in [7, 11) is 3.43. The quantitative estimate of drug-likeness (QED) is 0.565. The van der Waals surface area contributed by atoms with Gasteiger partial charge in [0.25, 0.3) is 0 Å². The summed E-state index contributed by atoms with van der Waals surface area (Å²) in [4.78, 5) is 0. The van der Waals surface area contributed by atoms with Gasteiger partial charge in [0.2, 0.25) is 0 Å². The van der Waals surface area contributed by atoms with E-state index in [4.69, 9.17) is 9.47 Å². The lowest BCUT2D eigenvalue weighted by Gasteiger charge is -1.94. The Morgan fingerprint density at radius 3 is 2.89 bits per heavy atom. The van der Waals surface area contributed by atoms with Gasteiger partial charge < -0.3 is 9.47 Å². The molecule has 9 heavy (non-hydrogen) atoms. The normalized spacial score (nSPS) is 32.7. The highest BCUT2D eigenvalue weighted by atomic mass is 16.5. The van der Waals surface area contributed by atoms with Gasteiger partial charge in [0.15, 0.2) is 0 Å². The number of rotatable bonds is 4. The largest absolute Gasteiger partial charge is 0.384 e. The van der Waals surface area contributed by atoms with Crippen LogP contribution in [0.3, 0.4) is 0 Å². The molecule has 0 saturated heterocycles. The van der Waals surface area contributed by atoms with Crippen molar-refractivity contribution in [2.75, 3.05) is 20.8 Å². The van der Waals surface area contributed by atoms with E-state index < -0.39 is 0 Å². The van der Waals surface area contributed by atoms with E-state index in [0.717, 1.165) is 12.5 Å². The highest BCUT2D eigenvalue weighted by Gasteiger charge is 2.36. The summed E-state index contributed by atoms with van der Waals surface area (Å²) in [5.41, 5.74) is 0. The van der Waals surface area contributed by atoms with E-state index in [1.807, 2.05) is 6.61 Å². The lowest BCUT2D eigenvalue weighted by atomic mass is 10.3. The fourth-order valence-electron chi connectivity index (χ4n) is 1.02. The molecule has 0 bridgehead atoms. The van der Waals surface area contributed by atoms with Crippen molar-refractivity contribution in [2.24, 2.45) is 11.8 Å². The van der Waals surface area contributed by atoms with Crippen molar-refractivity contribution in [1.82, 2.24) is 0 Å². The highest BCUT2D eigenvalue weighted by molar-refractivity contribution is 4.91. The van der Waals surface area contributed by atoms with Crippen LogP contribution in [0.25, 0.3) is 0 Å². The zero-order valence-corrected chi connectivity index (χ0v) is 5.96. The average molecular weight is 129 g/mol. The first-order chi connectivity index (χ1) is 4.38. The second-order valence-electron chi connectivity index (χ2n) is 2.49. The molecule has 1 saturated carbocycles. The average Bonchev–Trinajstić information content (AvgIpc) is 2.50. The van der Waals surface area contributed by atoms with E-state index in [2.05, 4.69) is 0 Å². The molecule has 2 atom stereocenters. The molecule has 2 nitrogen and oxygen atoms in total. The smallest absolute Gasteiger partial charge is 0.0867 e. The van der Waals surface area contributed by atoms with Crippen molar-refractivity contribution in [3.05, 3.63) is 6.61 Å². The van der Waals surface area contributed by atoms with Crippen LogP contribution in [-0.4, -0.2) is 20.8 Å². The van der Waals surface area contributed by atoms with Crippen molar-refractivity contribution in [2.45, 2.75) is 6.42 Å². The van der Waals surface area contributed by atoms with Crippen molar-refractivity contribution in [1.29, 1.82) is 0 Å². The summed E-state index contributed by atoms with van der Waals surface area (Å²) in [5.74, 6) is 1.39. The van der Waals surface area contributed by atoms with Crippen molar-refractivity contribution in [3.63, 3.8) is 0 Å². The number of ether oxygens (including phenoxy) is 2. The Kier molecular flexibility index (Phi) is 2.49. The fraction of sp³-hybridized carbons (Fsp3) is 0.857. The third-order valence-corrected chi connectivity index (χ3v) is 1.67. The maximum atomic E-state index is 4.97. The van der Waals surface area contributed by atoms with Crippen LogP contribution in [0.1, 0.15) is 6.42 Å². The van der Waals surface area contributed by atoms with Crippen molar-refractivity contribution >= 4 is 0 Å². The summed E-state index contributed by atoms with van der Waals surface area (Å²) < 4.78 is 9.83. The number of hydrogen-bond donors (Lipinski definition) is 0. The van der Waals surface area contributed by atoms with Crippen molar-refractivity contribution in [3.8, 4) is 0 Å². The first-order valence-electron chi connectivity index (χ1n) is 3.23. The molecule has 0 N–H and O–H groups in total. The maximum absolute atomic E-state index is 4.97. The van der Waals surface area contributed by atoms with Crippen molar-refractivity contribution < 1.29 is 9.47 Å². The molecule has 1 radical (unpaired) electrons. The molecule has 2 unspecified atom stereocenters. The molecule has 1 aliphatic carbocycles. The summed E-state index contributed by atoms with van der Waals surface area (Å²) in [6.45, 7) is 2.77. The van der Waals surface area contributed by atoms with Gasteiger partial charge in [-0.25, -0.2) is 0 Å². The van der Waals surface area contributed by atoms with Crippen LogP contribution in [0, 0.1) is 18.4 Å². The van der Waals surface area contributed by atoms with Gasteiger partial charge in [0.1, 0.15) is 0 Å². The first-order valence-corrected chi connectivity index (χ1v) is 3.23. The molecule has 0 heterocycles. The minimum Gasteiger partial charge on any atom is -0.384 e. The van der Waals surface area contributed by atoms with E-state index in [1.54, 1.807) is 14.2 Å². The Morgan fingerprint density at radius 2 is 2.33 bits per heavy atom. The van der Waals surface area contributed by atoms with Crippen LogP contribution in [-0.2, 0) is 9.47 Å². The SMILES string of the molecule is CO[CH]C1CC1COC. The molecular weight excluding hydrogens is 116 g/mol. The summed E-state index contributed by atoms with van der Waals surface area (Å²) >= 11 is 0. The van der Waals surface area contributed by atoms with E-state index in [9.17, 15) is 0 Å². The van der Waals surface area contributed by atoms with Gasteiger partial charge in [-0.05, 0) is 18.3 Å². The second-order valence-corrected chi connectivity index (χ2v) is 2.49. The first kappa shape index (κ1) is 7.03. The minimum absolute atomic E-state index is 0.662. The third kappa shape index (κ3) is 1.95. The van der Waals surface area contributed by atoms with Gasteiger partial charge in [-0.3, -0.25) is 0 Å². The van der Waals surface area contributed by atoms with Gasteiger partial charge in [0.05, 0.1) is 6.61 Å². The van der Waals surface area contributed by atoms with E-state index in [-0.39, 0.29) is 0 Å². The molecule has 0 aliphatic heterocycles. The Bertz CT molecular complexity index is 73.0. The summed E-state index contributed by atoms with van der Waals surface area (Å²) in [6.07, 6.45) is 1.24. The standard InChI is InChI=1S/C7H13O2/c1-8-4-6-3-7(6)5-9-2/h4,6-7H,3,5H2,1-2H3. The molecule has 1 aliphatic rings. The zero-order valence-electron chi connectivity index (χ0n) is 5.96. The maximum Gasteiger partial charge on any atom is 0.0867 e. The highest BCUT2D eigenvalue weighted by Crippen LogP contribution is 2.40. The van der Waals surface area contributed by atoms with Crippen LogP contribution in [0.2, 0.25) is 0 Å². The van der Waals surface area contributed by atoms with E-state index in [0.29, 0.717) is 5.92 Å². The lowest BCUT2D eigenvalue weighted by molar-refractivity contribution is 0.174. The van der Waals surface area contributed by atoms with Crippen LogP contribution >= 0.6 is 0 Å². The van der Waals surface area contributed by atoms with Gasteiger partial charge in [-0.15, -0.1) is 0 Å². The molecule has 1 rings (SSSR count). The third-order valence-electron chi connectivity index (χ3n) is 1.67.